The molecule has 2 heterocycles. The van der Waals surface area contributed by atoms with E-state index in [4.69, 9.17) is 5.73 Å². The molecule has 0 aliphatic rings. The smallest absolute Gasteiger partial charge is 0.188 e. The molecule has 3 N–H and O–H groups in total. The van der Waals surface area contributed by atoms with Gasteiger partial charge in [-0.25, -0.2) is 4.99 Å². The third-order valence-corrected chi connectivity index (χ3v) is 2.77. The Kier molecular flexibility index (Phi) is 5.06. The Hall–Kier alpha value is -2.43. The molecule has 0 unspecified atom stereocenters. The molecule has 0 aromatic carbocycles. The molecule has 0 fully saturated rings. The molecule has 0 spiro atoms. The zero-order valence-electron chi connectivity index (χ0n) is 11.6. The second-order valence-corrected chi connectivity index (χ2v) is 4.47. The van der Waals surface area contributed by atoms with E-state index in [1.807, 2.05) is 43.3 Å². The van der Waals surface area contributed by atoms with Crippen LogP contribution in [-0.4, -0.2) is 22.5 Å². The number of aliphatic imine (C=N–C) groups is 1. The maximum Gasteiger partial charge on any atom is 0.188 e. The second kappa shape index (κ2) is 7.23. The van der Waals surface area contributed by atoms with Crippen molar-refractivity contribution >= 4 is 5.96 Å². The largest absolute Gasteiger partial charge is 0.370 e. The Morgan fingerprint density at radius 1 is 1.20 bits per heavy atom. The molecule has 2 aromatic rings. The van der Waals surface area contributed by atoms with Gasteiger partial charge in [-0.15, -0.1) is 0 Å². The molecular weight excluding hydrogens is 250 g/mol. The molecule has 5 nitrogen and oxygen atoms in total. The first-order valence-electron chi connectivity index (χ1n) is 6.60. The van der Waals surface area contributed by atoms with E-state index in [9.17, 15) is 0 Å². The van der Waals surface area contributed by atoms with E-state index in [-0.39, 0.29) is 0 Å². The highest BCUT2D eigenvalue weighted by Gasteiger charge is 1.96. The molecule has 20 heavy (non-hydrogen) atoms. The summed E-state index contributed by atoms with van der Waals surface area (Å²) in [6.45, 7) is 3.17. The van der Waals surface area contributed by atoms with Crippen molar-refractivity contribution in [1.82, 2.24) is 15.3 Å². The molecule has 0 aliphatic carbocycles. The van der Waals surface area contributed by atoms with Crippen molar-refractivity contribution in [2.24, 2.45) is 10.7 Å². The standard InChI is InChI=1S/C15H19N5/c1-12-5-4-7-14(20-12)11-19-15(16)18-10-8-13-6-2-3-9-17-13/h2-7,9H,8,10-11H2,1H3,(H3,16,18,19). The molecule has 0 radical (unpaired) electrons. The summed E-state index contributed by atoms with van der Waals surface area (Å²) in [6.07, 6.45) is 2.61. The van der Waals surface area contributed by atoms with Crippen LogP contribution in [0.5, 0.6) is 0 Å². The van der Waals surface area contributed by atoms with Crippen LogP contribution in [0, 0.1) is 6.92 Å². The molecule has 0 bridgehead atoms. The van der Waals surface area contributed by atoms with Crippen molar-refractivity contribution in [2.45, 2.75) is 19.9 Å². The molecule has 0 saturated carbocycles. The first-order chi connectivity index (χ1) is 9.74. The average Bonchev–Trinajstić information content (AvgIpc) is 2.46. The van der Waals surface area contributed by atoms with E-state index in [1.165, 1.54) is 0 Å². The number of guanidine groups is 1. The highest BCUT2D eigenvalue weighted by molar-refractivity contribution is 5.77. The maximum atomic E-state index is 5.81. The lowest BCUT2D eigenvalue weighted by molar-refractivity contribution is 0.824. The predicted octanol–water partition coefficient (Wildman–Crippen LogP) is 1.43. The van der Waals surface area contributed by atoms with Gasteiger partial charge in [0.15, 0.2) is 5.96 Å². The monoisotopic (exact) mass is 269 g/mol. The van der Waals surface area contributed by atoms with Crippen LogP contribution >= 0.6 is 0 Å². The number of pyridine rings is 2. The molecule has 2 aromatic heterocycles. The van der Waals surface area contributed by atoms with Crippen LogP contribution in [0.15, 0.2) is 47.6 Å². The average molecular weight is 269 g/mol. The highest BCUT2D eigenvalue weighted by Crippen LogP contribution is 1.99. The fourth-order valence-corrected chi connectivity index (χ4v) is 1.77. The van der Waals surface area contributed by atoms with Gasteiger partial charge in [0, 0.05) is 30.6 Å². The molecule has 5 heteroatoms. The number of hydrogen-bond acceptors (Lipinski definition) is 3. The predicted molar refractivity (Wildman–Crippen MR) is 80.2 cm³/mol. The normalized spacial score (nSPS) is 11.3. The number of nitrogens with zero attached hydrogens (tertiary/aromatic N) is 3. The Labute approximate surface area is 119 Å². The van der Waals surface area contributed by atoms with Crippen LogP contribution in [0.25, 0.3) is 0 Å². The topological polar surface area (TPSA) is 76.2 Å². The summed E-state index contributed by atoms with van der Waals surface area (Å²) in [5, 5.41) is 3.08. The van der Waals surface area contributed by atoms with E-state index in [0.717, 1.165) is 23.5 Å². The van der Waals surface area contributed by atoms with Crippen LogP contribution in [0.3, 0.4) is 0 Å². The molecule has 0 aliphatic heterocycles. The van der Waals surface area contributed by atoms with E-state index in [1.54, 1.807) is 6.20 Å². The lowest BCUT2D eigenvalue weighted by atomic mass is 10.3. The maximum absolute atomic E-state index is 5.81. The van der Waals surface area contributed by atoms with Gasteiger partial charge in [0.25, 0.3) is 0 Å². The van der Waals surface area contributed by atoms with Gasteiger partial charge in [-0.05, 0) is 31.2 Å². The van der Waals surface area contributed by atoms with Crippen LogP contribution in [0.2, 0.25) is 0 Å². The third-order valence-electron chi connectivity index (χ3n) is 2.77. The molecule has 104 valence electrons. The fraction of sp³-hybridized carbons (Fsp3) is 0.267. The molecule has 0 atom stereocenters. The lowest BCUT2D eigenvalue weighted by Crippen LogP contribution is -2.33. The zero-order chi connectivity index (χ0) is 14.2. The van der Waals surface area contributed by atoms with Crippen molar-refractivity contribution in [3.63, 3.8) is 0 Å². The van der Waals surface area contributed by atoms with Gasteiger partial charge in [-0.2, -0.15) is 0 Å². The Bertz CT molecular complexity index is 565. The summed E-state index contributed by atoms with van der Waals surface area (Å²) in [5.74, 6) is 0.434. The zero-order valence-corrected chi connectivity index (χ0v) is 11.6. The van der Waals surface area contributed by atoms with Crippen LogP contribution < -0.4 is 11.1 Å². The SMILES string of the molecule is Cc1cccc(CN=C(N)NCCc2ccccn2)n1. The Balaban J connectivity index is 1.77. The molecular formula is C15H19N5. The van der Waals surface area contributed by atoms with E-state index in [2.05, 4.69) is 20.3 Å². The molecule has 0 amide bonds. The van der Waals surface area contributed by atoms with Gasteiger partial charge in [0.05, 0.1) is 12.2 Å². The second-order valence-electron chi connectivity index (χ2n) is 4.47. The molecule has 2 rings (SSSR count). The lowest BCUT2D eigenvalue weighted by Gasteiger charge is -2.05. The molecule has 0 saturated heterocycles. The van der Waals surface area contributed by atoms with Gasteiger partial charge in [0.1, 0.15) is 0 Å². The van der Waals surface area contributed by atoms with Crippen LogP contribution in [-0.2, 0) is 13.0 Å². The van der Waals surface area contributed by atoms with Crippen molar-refractivity contribution in [3.8, 4) is 0 Å². The third kappa shape index (κ3) is 4.68. The van der Waals surface area contributed by atoms with Crippen molar-refractivity contribution < 1.29 is 0 Å². The number of nitrogens with one attached hydrogen (secondary N) is 1. The minimum atomic E-state index is 0.434. The summed E-state index contributed by atoms with van der Waals surface area (Å²) in [6, 6.07) is 11.7. The summed E-state index contributed by atoms with van der Waals surface area (Å²) in [5.41, 5.74) is 8.75. The summed E-state index contributed by atoms with van der Waals surface area (Å²) in [4.78, 5) is 12.9. The van der Waals surface area contributed by atoms with Gasteiger partial charge >= 0.3 is 0 Å². The minimum Gasteiger partial charge on any atom is -0.370 e. The van der Waals surface area contributed by atoms with E-state index < -0.39 is 0 Å². The van der Waals surface area contributed by atoms with Gasteiger partial charge in [-0.3, -0.25) is 9.97 Å². The van der Waals surface area contributed by atoms with Crippen molar-refractivity contribution in [3.05, 3.63) is 59.7 Å². The number of hydrogen-bond donors (Lipinski definition) is 2. The first-order valence-corrected chi connectivity index (χ1v) is 6.60. The quantitative estimate of drug-likeness (QED) is 0.636. The Morgan fingerprint density at radius 2 is 2.05 bits per heavy atom. The van der Waals surface area contributed by atoms with E-state index in [0.29, 0.717) is 19.0 Å². The highest BCUT2D eigenvalue weighted by atomic mass is 15.1. The first kappa shape index (κ1) is 14.0. The number of rotatable bonds is 5. The number of nitrogens with two attached hydrogens (primary N) is 1. The minimum absolute atomic E-state index is 0.434. The summed E-state index contributed by atoms with van der Waals surface area (Å²) < 4.78 is 0. The van der Waals surface area contributed by atoms with Crippen molar-refractivity contribution in [1.29, 1.82) is 0 Å². The van der Waals surface area contributed by atoms with Gasteiger partial charge in [0.2, 0.25) is 0 Å². The van der Waals surface area contributed by atoms with Gasteiger partial charge < -0.3 is 11.1 Å². The number of aromatic nitrogens is 2. The van der Waals surface area contributed by atoms with Crippen LogP contribution in [0.4, 0.5) is 0 Å². The Morgan fingerprint density at radius 3 is 2.80 bits per heavy atom. The summed E-state index contributed by atoms with van der Waals surface area (Å²) in [7, 11) is 0. The fourth-order valence-electron chi connectivity index (χ4n) is 1.77. The van der Waals surface area contributed by atoms with Crippen molar-refractivity contribution in [2.75, 3.05) is 6.54 Å². The van der Waals surface area contributed by atoms with Crippen LogP contribution in [0.1, 0.15) is 17.1 Å². The number of aryl methyl sites for hydroxylation is 1. The summed E-state index contributed by atoms with van der Waals surface area (Å²) >= 11 is 0. The van der Waals surface area contributed by atoms with E-state index >= 15 is 0 Å². The van der Waals surface area contributed by atoms with Gasteiger partial charge in [-0.1, -0.05) is 12.1 Å².